The van der Waals surface area contributed by atoms with E-state index in [-0.39, 0.29) is 24.2 Å². The number of aromatic amines is 1. The van der Waals surface area contributed by atoms with Gasteiger partial charge in [0.2, 0.25) is 5.91 Å². The van der Waals surface area contributed by atoms with Crippen LogP contribution < -0.4 is 11.0 Å². The van der Waals surface area contributed by atoms with Crippen LogP contribution >= 0.6 is 0 Å². The van der Waals surface area contributed by atoms with E-state index in [9.17, 15) is 19.2 Å². The SMILES string of the molecule is C[C@@]1(c2ccccc2)NC(=O)N(CC(=O)N2CCC(n3c(=O)[nH]c4ccccc43)CC2)C1=O. The number of aromatic nitrogens is 2. The molecule has 2 N–H and O–H groups in total. The van der Waals surface area contributed by atoms with Crippen molar-refractivity contribution in [3.8, 4) is 0 Å². The molecule has 9 heteroatoms. The van der Waals surface area contributed by atoms with Crippen LogP contribution in [0.25, 0.3) is 11.0 Å². The maximum absolute atomic E-state index is 13.1. The molecule has 2 aliphatic heterocycles. The first-order valence-corrected chi connectivity index (χ1v) is 11.0. The topological polar surface area (TPSA) is 108 Å². The Bertz CT molecular complexity index is 1290. The van der Waals surface area contributed by atoms with Crippen molar-refractivity contribution in [3.05, 3.63) is 70.6 Å². The second-order valence-corrected chi connectivity index (χ2v) is 8.74. The summed E-state index contributed by atoms with van der Waals surface area (Å²) < 4.78 is 1.76. The van der Waals surface area contributed by atoms with Gasteiger partial charge in [-0.05, 0) is 37.5 Å². The molecule has 2 saturated heterocycles. The van der Waals surface area contributed by atoms with E-state index >= 15 is 0 Å². The molecule has 5 rings (SSSR count). The predicted octanol–water partition coefficient (Wildman–Crippen LogP) is 1.96. The second kappa shape index (κ2) is 7.91. The summed E-state index contributed by atoms with van der Waals surface area (Å²) in [6.07, 6.45) is 1.24. The van der Waals surface area contributed by atoms with Gasteiger partial charge < -0.3 is 15.2 Å². The summed E-state index contributed by atoms with van der Waals surface area (Å²) in [5.74, 6) is -0.715. The highest BCUT2D eigenvalue weighted by Gasteiger charge is 2.49. The molecule has 0 spiro atoms. The Morgan fingerprint density at radius 2 is 1.67 bits per heavy atom. The van der Waals surface area contributed by atoms with Crippen LogP contribution in [0.1, 0.15) is 31.4 Å². The number of carbonyl (C=O) groups excluding carboxylic acids is 3. The number of para-hydroxylation sites is 2. The van der Waals surface area contributed by atoms with E-state index in [0.717, 1.165) is 15.9 Å². The molecular formula is C24H25N5O4. The highest BCUT2D eigenvalue weighted by Crippen LogP contribution is 2.29. The number of benzene rings is 2. The number of carbonyl (C=O) groups is 3. The molecule has 4 amide bonds. The quantitative estimate of drug-likeness (QED) is 0.596. The van der Waals surface area contributed by atoms with Crippen molar-refractivity contribution in [2.45, 2.75) is 31.3 Å². The van der Waals surface area contributed by atoms with Gasteiger partial charge in [0.1, 0.15) is 12.1 Å². The van der Waals surface area contributed by atoms with E-state index in [1.807, 2.05) is 30.3 Å². The van der Waals surface area contributed by atoms with Gasteiger partial charge in [-0.25, -0.2) is 9.59 Å². The number of H-pyrrole nitrogens is 1. The highest BCUT2D eigenvalue weighted by molar-refractivity contribution is 6.09. The molecule has 0 unspecified atom stereocenters. The van der Waals surface area contributed by atoms with Crippen molar-refractivity contribution in [2.75, 3.05) is 19.6 Å². The second-order valence-electron chi connectivity index (χ2n) is 8.74. The zero-order chi connectivity index (χ0) is 23.2. The molecule has 0 saturated carbocycles. The summed E-state index contributed by atoms with van der Waals surface area (Å²) in [6, 6.07) is 16.0. The maximum atomic E-state index is 13.1. The van der Waals surface area contributed by atoms with Crippen LogP contribution in [0.5, 0.6) is 0 Å². The van der Waals surface area contributed by atoms with Gasteiger partial charge in [0.25, 0.3) is 5.91 Å². The number of imidazole rings is 1. The summed E-state index contributed by atoms with van der Waals surface area (Å²) in [5.41, 5.74) is 0.971. The van der Waals surface area contributed by atoms with Crippen molar-refractivity contribution >= 4 is 28.9 Å². The minimum atomic E-state index is -1.19. The number of fused-ring (bicyclic) bond motifs is 1. The van der Waals surface area contributed by atoms with Crippen molar-refractivity contribution in [1.29, 1.82) is 0 Å². The van der Waals surface area contributed by atoms with Gasteiger partial charge in [0.15, 0.2) is 0 Å². The Morgan fingerprint density at radius 3 is 2.39 bits per heavy atom. The lowest BCUT2D eigenvalue weighted by molar-refractivity contribution is -0.139. The normalized spacial score (nSPS) is 21.6. The molecule has 3 aromatic rings. The lowest BCUT2D eigenvalue weighted by atomic mass is 9.92. The Hall–Kier alpha value is -3.88. The summed E-state index contributed by atoms with van der Waals surface area (Å²) in [7, 11) is 0. The lowest BCUT2D eigenvalue weighted by Crippen LogP contribution is -2.47. The first kappa shape index (κ1) is 21.0. The van der Waals surface area contributed by atoms with E-state index < -0.39 is 17.5 Å². The molecular weight excluding hydrogens is 422 g/mol. The van der Waals surface area contributed by atoms with Gasteiger partial charge >= 0.3 is 11.7 Å². The van der Waals surface area contributed by atoms with Crippen molar-refractivity contribution in [3.63, 3.8) is 0 Å². The third-order valence-electron chi connectivity index (χ3n) is 6.73. The first-order valence-electron chi connectivity index (χ1n) is 11.0. The van der Waals surface area contributed by atoms with Crippen LogP contribution in [-0.2, 0) is 15.1 Å². The number of piperidine rings is 1. The predicted molar refractivity (Wildman–Crippen MR) is 121 cm³/mol. The Kier molecular flexibility index (Phi) is 5.03. The number of nitrogens with one attached hydrogen (secondary N) is 2. The van der Waals surface area contributed by atoms with Gasteiger partial charge in [-0.3, -0.25) is 19.1 Å². The van der Waals surface area contributed by atoms with Crippen LogP contribution in [0, 0.1) is 0 Å². The molecule has 170 valence electrons. The standard InChI is InChI=1S/C24H25N5O4/c1-24(16-7-3-2-4-8-16)21(31)28(23(33)26-24)15-20(30)27-13-11-17(12-14-27)29-19-10-6-5-9-18(19)25-22(29)32/h2-10,17H,11-15H2,1H3,(H,25,32)(H,26,33)/t24-/m0/s1. The van der Waals surface area contributed by atoms with Crippen molar-refractivity contribution in [2.24, 2.45) is 0 Å². The fourth-order valence-corrected chi connectivity index (χ4v) is 4.85. The van der Waals surface area contributed by atoms with Gasteiger partial charge in [0.05, 0.1) is 11.0 Å². The fourth-order valence-electron chi connectivity index (χ4n) is 4.85. The summed E-state index contributed by atoms with van der Waals surface area (Å²) >= 11 is 0. The lowest BCUT2D eigenvalue weighted by Gasteiger charge is -2.33. The van der Waals surface area contributed by atoms with Crippen molar-refractivity contribution in [1.82, 2.24) is 24.7 Å². The Labute approximate surface area is 190 Å². The zero-order valence-electron chi connectivity index (χ0n) is 18.3. The number of amides is 4. The Balaban J connectivity index is 1.25. The van der Waals surface area contributed by atoms with Gasteiger partial charge in [0, 0.05) is 19.1 Å². The molecule has 9 nitrogen and oxygen atoms in total. The molecule has 0 radical (unpaired) electrons. The van der Waals surface area contributed by atoms with Crippen LogP contribution in [0.4, 0.5) is 4.79 Å². The third-order valence-corrected chi connectivity index (χ3v) is 6.73. The average molecular weight is 447 g/mol. The van der Waals surface area contributed by atoms with E-state index in [1.165, 1.54) is 0 Å². The average Bonchev–Trinajstić information content (AvgIpc) is 3.28. The molecule has 33 heavy (non-hydrogen) atoms. The molecule has 0 aliphatic carbocycles. The fraction of sp³-hybridized carbons (Fsp3) is 0.333. The third kappa shape index (κ3) is 3.49. The van der Waals surface area contributed by atoms with Crippen LogP contribution in [0.2, 0.25) is 0 Å². The molecule has 2 aromatic carbocycles. The first-order chi connectivity index (χ1) is 15.9. The maximum Gasteiger partial charge on any atom is 0.326 e. The number of urea groups is 1. The summed E-state index contributed by atoms with van der Waals surface area (Å²) in [4.78, 5) is 56.5. The number of hydrogen-bond donors (Lipinski definition) is 2. The number of hydrogen-bond acceptors (Lipinski definition) is 4. The van der Waals surface area contributed by atoms with E-state index in [4.69, 9.17) is 0 Å². The van der Waals surface area contributed by atoms with Crippen LogP contribution in [-0.4, -0.2) is 56.8 Å². The Morgan fingerprint density at radius 1 is 1.00 bits per heavy atom. The summed E-state index contributed by atoms with van der Waals surface area (Å²) in [5, 5.41) is 2.73. The van der Waals surface area contributed by atoms with Gasteiger partial charge in [-0.1, -0.05) is 42.5 Å². The monoisotopic (exact) mass is 447 g/mol. The number of imide groups is 1. The van der Waals surface area contributed by atoms with Gasteiger partial charge in [-0.15, -0.1) is 0 Å². The number of likely N-dealkylation sites (tertiary alicyclic amines) is 1. The zero-order valence-corrected chi connectivity index (χ0v) is 18.3. The molecule has 2 fully saturated rings. The molecule has 3 heterocycles. The van der Waals surface area contributed by atoms with Crippen LogP contribution in [0.3, 0.4) is 0 Å². The van der Waals surface area contributed by atoms with Crippen LogP contribution in [0.15, 0.2) is 59.4 Å². The smallest absolute Gasteiger partial charge is 0.326 e. The highest BCUT2D eigenvalue weighted by atomic mass is 16.2. The van der Waals surface area contributed by atoms with E-state index in [0.29, 0.717) is 31.5 Å². The number of nitrogens with zero attached hydrogens (tertiary/aromatic N) is 3. The molecule has 0 bridgehead atoms. The van der Waals surface area contributed by atoms with Crippen molar-refractivity contribution < 1.29 is 14.4 Å². The molecule has 1 atom stereocenters. The van der Waals surface area contributed by atoms with E-state index in [1.54, 1.807) is 40.7 Å². The van der Waals surface area contributed by atoms with Gasteiger partial charge in [-0.2, -0.15) is 0 Å². The summed E-state index contributed by atoms with van der Waals surface area (Å²) in [6.45, 7) is 2.26. The molecule has 1 aromatic heterocycles. The minimum Gasteiger partial charge on any atom is -0.341 e. The largest absolute Gasteiger partial charge is 0.341 e. The van der Waals surface area contributed by atoms with E-state index in [2.05, 4.69) is 10.3 Å². The molecule has 2 aliphatic rings. The minimum absolute atomic E-state index is 0.0178. The number of rotatable bonds is 4.